The predicted octanol–water partition coefficient (Wildman–Crippen LogP) is 1.73. The number of ether oxygens (including phenoxy) is 1. The number of piperidine rings is 1. The summed E-state index contributed by atoms with van der Waals surface area (Å²) in [5, 5.41) is 3.48. The van der Waals surface area contributed by atoms with Gasteiger partial charge >= 0.3 is 6.18 Å². The minimum Gasteiger partial charge on any atom is -0.369 e. The molecular weight excluding hydrogens is 297 g/mol. The molecule has 0 radical (unpaired) electrons. The van der Waals surface area contributed by atoms with E-state index in [9.17, 15) is 18.0 Å². The maximum atomic E-state index is 13.0. The maximum Gasteiger partial charge on any atom is 0.417 e. The lowest BCUT2D eigenvalue weighted by Crippen LogP contribution is -2.55. The van der Waals surface area contributed by atoms with Gasteiger partial charge in [0.15, 0.2) is 5.60 Å². The first-order valence-electron chi connectivity index (χ1n) is 7.94. The first-order valence-corrected chi connectivity index (χ1v) is 7.94. The number of alkyl halides is 3. The third-order valence-electron chi connectivity index (χ3n) is 6.39. The van der Waals surface area contributed by atoms with Gasteiger partial charge in [-0.05, 0) is 51.0 Å². The molecule has 3 aliphatic heterocycles. The Morgan fingerprint density at radius 3 is 2.64 bits per heavy atom. The first-order chi connectivity index (χ1) is 10.2. The second-order valence-corrected chi connectivity index (χ2v) is 7.91. The quantitative estimate of drug-likeness (QED) is 0.833. The van der Waals surface area contributed by atoms with E-state index < -0.39 is 11.8 Å². The van der Waals surface area contributed by atoms with Gasteiger partial charge in [0.1, 0.15) is 0 Å². The summed E-state index contributed by atoms with van der Waals surface area (Å²) in [4.78, 5) is 11.4. The zero-order chi connectivity index (χ0) is 15.8. The van der Waals surface area contributed by atoms with E-state index in [1.165, 1.54) is 0 Å². The summed E-state index contributed by atoms with van der Waals surface area (Å²) in [6.07, 6.45) is -0.844. The van der Waals surface area contributed by atoms with Crippen molar-refractivity contribution in [2.45, 2.75) is 55.8 Å². The summed E-state index contributed by atoms with van der Waals surface area (Å²) < 4.78 is 44.1. The smallest absolute Gasteiger partial charge is 0.369 e. The molecule has 3 heterocycles. The van der Waals surface area contributed by atoms with Crippen molar-refractivity contribution in [2.24, 2.45) is 23.0 Å². The molecule has 2 aliphatic carbocycles. The molecule has 0 aromatic heterocycles. The Bertz CT molecular complexity index is 515. The molecule has 2 bridgehead atoms. The third kappa shape index (κ3) is 1.94. The molecule has 7 heteroatoms. The van der Waals surface area contributed by atoms with Crippen molar-refractivity contribution < 1.29 is 22.7 Å². The van der Waals surface area contributed by atoms with Gasteiger partial charge in [-0.15, -0.1) is 0 Å². The largest absolute Gasteiger partial charge is 0.417 e. The van der Waals surface area contributed by atoms with Crippen LogP contribution >= 0.6 is 0 Å². The van der Waals surface area contributed by atoms with Crippen LogP contribution in [0.4, 0.5) is 13.2 Å². The topological polar surface area (TPSA) is 64.4 Å². The highest BCUT2D eigenvalue weighted by molar-refractivity contribution is 5.77. The van der Waals surface area contributed by atoms with Crippen LogP contribution in [0.25, 0.3) is 0 Å². The Hall–Kier alpha value is -0.820. The van der Waals surface area contributed by atoms with Gasteiger partial charge in [-0.25, -0.2) is 0 Å². The number of carbonyl (C=O) groups excluding carboxylic acids is 1. The summed E-state index contributed by atoms with van der Waals surface area (Å²) in [5.41, 5.74) is 3.18. The van der Waals surface area contributed by atoms with Gasteiger partial charge < -0.3 is 15.8 Å². The third-order valence-corrected chi connectivity index (χ3v) is 6.39. The van der Waals surface area contributed by atoms with Crippen LogP contribution in [0.15, 0.2) is 0 Å². The molecule has 2 saturated carbocycles. The fraction of sp³-hybridized carbons (Fsp3) is 0.933. The number of halogens is 3. The molecule has 3 unspecified atom stereocenters. The van der Waals surface area contributed by atoms with Gasteiger partial charge in [0.05, 0.1) is 6.61 Å². The van der Waals surface area contributed by atoms with Gasteiger partial charge in [-0.2, -0.15) is 13.2 Å². The number of carbonyl (C=O) groups is 1. The molecule has 0 aromatic rings. The van der Waals surface area contributed by atoms with Crippen LogP contribution in [0, 0.1) is 17.3 Å². The van der Waals surface area contributed by atoms with E-state index in [2.05, 4.69) is 5.32 Å². The highest BCUT2D eigenvalue weighted by atomic mass is 19.4. The standard InChI is InChI=1S/C15H21F3N2O2/c16-15(17,18)14-6-12(7-14,8-22-14)4-10-5-13(10)3-9(11(19)21)1-2-20-13/h9-10,20H,1-8H2,(H2,19,21). The summed E-state index contributed by atoms with van der Waals surface area (Å²) >= 11 is 0. The number of fused-ring (bicyclic) bond motifs is 1. The van der Waals surface area contributed by atoms with Crippen LogP contribution in [0.5, 0.6) is 0 Å². The van der Waals surface area contributed by atoms with E-state index in [1.54, 1.807) is 0 Å². The molecule has 124 valence electrons. The zero-order valence-electron chi connectivity index (χ0n) is 12.3. The average Bonchev–Trinajstić information content (AvgIpc) is 2.76. The highest BCUT2D eigenvalue weighted by Crippen LogP contribution is 2.68. The molecule has 4 nitrogen and oxygen atoms in total. The lowest BCUT2D eigenvalue weighted by Gasteiger charge is -2.46. The molecule has 1 amide bonds. The van der Waals surface area contributed by atoms with E-state index in [-0.39, 0.29) is 42.2 Å². The van der Waals surface area contributed by atoms with E-state index in [0.29, 0.717) is 5.92 Å². The van der Waals surface area contributed by atoms with Crippen molar-refractivity contribution in [3.8, 4) is 0 Å². The summed E-state index contributed by atoms with van der Waals surface area (Å²) in [6.45, 7) is 0.985. The monoisotopic (exact) mass is 318 g/mol. The molecule has 5 fully saturated rings. The molecule has 5 rings (SSSR count). The lowest BCUT2D eigenvalue weighted by molar-refractivity contribution is -0.277. The Morgan fingerprint density at radius 2 is 2.05 bits per heavy atom. The van der Waals surface area contributed by atoms with Crippen LogP contribution in [0.3, 0.4) is 0 Å². The van der Waals surface area contributed by atoms with Gasteiger partial charge in [0, 0.05) is 16.9 Å². The molecule has 5 aliphatic rings. The summed E-state index contributed by atoms with van der Waals surface area (Å²) in [6, 6.07) is 0. The van der Waals surface area contributed by atoms with Gasteiger partial charge in [-0.3, -0.25) is 4.79 Å². The highest BCUT2D eigenvalue weighted by Gasteiger charge is 2.75. The predicted molar refractivity (Wildman–Crippen MR) is 71.8 cm³/mol. The lowest BCUT2D eigenvalue weighted by atomic mass is 9.59. The van der Waals surface area contributed by atoms with Crippen molar-refractivity contribution in [3.05, 3.63) is 0 Å². The maximum absolute atomic E-state index is 13.0. The number of nitrogens with two attached hydrogens (primary N) is 1. The van der Waals surface area contributed by atoms with Crippen LogP contribution in [-0.4, -0.2) is 36.4 Å². The Labute approximate surface area is 126 Å². The molecule has 0 aromatic carbocycles. The Balaban J connectivity index is 1.38. The zero-order valence-corrected chi connectivity index (χ0v) is 12.3. The molecule has 22 heavy (non-hydrogen) atoms. The van der Waals surface area contributed by atoms with Crippen molar-refractivity contribution in [1.29, 1.82) is 0 Å². The van der Waals surface area contributed by atoms with E-state index in [0.717, 1.165) is 32.2 Å². The van der Waals surface area contributed by atoms with Gasteiger partial charge in [-0.1, -0.05) is 0 Å². The number of rotatable bonds is 3. The summed E-state index contributed by atoms with van der Waals surface area (Å²) in [5.74, 6) is -0.00422. The fourth-order valence-electron chi connectivity index (χ4n) is 5.13. The average molecular weight is 318 g/mol. The number of hydrogen-bond acceptors (Lipinski definition) is 3. The van der Waals surface area contributed by atoms with Crippen molar-refractivity contribution in [1.82, 2.24) is 5.32 Å². The van der Waals surface area contributed by atoms with E-state index in [4.69, 9.17) is 10.5 Å². The summed E-state index contributed by atoms with van der Waals surface area (Å²) in [7, 11) is 0. The fourth-order valence-corrected chi connectivity index (χ4v) is 5.13. The second-order valence-electron chi connectivity index (χ2n) is 7.91. The second kappa shape index (κ2) is 4.17. The molecule has 3 saturated heterocycles. The number of primary amides is 1. The van der Waals surface area contributed by atoms with Crippen molar-refractivity contribution >= 4 is 5.91 Å². The van der Waals surface area contributed by atoms with E-state index in [1.807, 2.05) is 0 Å². The normalized spacial score (nSPS) is 50.0. The van der Waals surface area contributed by atoms with Crippen LogP contribution in [0.2, 0.25) is 0 Å². The van der Waals surface area contributed by atoms with Crippen LogP contribution < -0.4 is 11.1 Å². The van der Waals surface area contributed by atoms with E-state index >= 15 is 0 Å². The van der Waals surface area contributed by atoms with Crippen molar-refractivity contribution in [2.75, 3.05) is 13.2 Å². The Kier molecular flexibility index (Phi) is 2.80. The van der Waals surface area contributed by atoms with Gasteiger partial charge in [0.25, 0.3) is 0 Å². The number of hydrogen-bond donors (Lipinski definition) is 2. The molecule has 3 N–H and O–H groups in total. The first kappa shape index (κ1) is 14.8. The SMILES string of the molecule is NC(=O)C1CCNC2(C1)CC2CC12COC(C(F)(F)F)(C1)C2. The minimum atomic E-state index is -4.26. The van der Waals surface area contributed by atoms with Crippen LogP contribution in [0.1, 0.15) is 38.5 Å². The van der Waals surface area contributed by atoms with Gasteiger partial charge in [0.2, 0.25) is 5.91 Å². The van der Waals surface area contributed by atoms with Crippen LogP contribution in [-0.2, 0) is 9.53 Å². The molecular formula is C15H21F3N2O2. The Morgan fingerprint density at radius 1 is 1.32 bits per heavy atom. The number of nitrogens with one attached hydrogen (secondary N) is 1. The number of amides is 1. The van der Waals surface area contributed by atoms with Crippen molar-refractivity contribution in [3.63, 3.8) is 0 Å². The molecule has 1 spiro atoms. The molecule has 3 atom stereocenters. The minimum absolute atomic E-state index is 0.0637.